The van der Waals surface area contributed by atoms with Crippen molar-refractivity contribution in [3.05, 3.63) is 0 Å². The Bertz CT molecular complexity index is 327. The van der Waals surface area contributed by atoms with Crippen LogP contribution in [0.1, 0.15) is 46.0 Å². The van der Waals surface area contributed by atoms with Gasteiger partial charge in [0.05, 0.1) is 14.2 Å². The van der Waals surface area contributed by atoms with Gasteiger partial charge in [-0.05, 0) is 32.1 Å². The minimum Gasteiger partial charge on any atom is -0.468 e. The highest BCUT2D eigenvalue weighted by Gasteiger charge is 2.58. The van der Waals surface area contributed by atoms with Gasteiger partial charge in [-0.25, -0.2) is 9.59 Å². The van der Waals surface area contributed by atoms with Crippen LogP contribution in [-0.4, -0.2) is 47.5 Å². The van der Waals surface area contributed by atoms with E-state index in [1.165, 1.54) is 14.2 Å². The minimum atomic E-state index is -1.17. The lowest BCUT2D eigenvalue weighted by molar-refractivity contribution is -0.266. The molecule has 0 spiro atoms. The molecular weight excluding hydrogens is 250 g/mol. The molecule has 0 amide bonds. The second-order valence-corrected chi connectivity index (χ2v) is 4.92. The molecule has 19 heavy (non-hydrogen) atoms. The van der Waals surface area contributed by atoms with Crippen LogP contribution in [0.25, 0.3) is 0 Å². The number of rotatable bonds is 4. The molecule has 2 atom stereocenters. The molecule has 1 fully saturated rings. The third-order valence-electron chi connectivity index (χ3n) is 4.29. The average Bonchev–Trinajstić information content (AvgIpc) is 2.46. The van der Waals surface area contributed by atoms with E-state index >= 15 is 0 Å². The lowest BCUT2D eigenvalue weighted by atomic mass is 9.75. The Balaban J connectivity index is 3.25. The summed E-state index contributed by atoms with van der Waals surface area (Å²) >= 11 is 0. The van der Waals surface area contributed by atoms with Gasteiger partial charge in [0, 0.05) is 0 Å². The van der Waals surface area contributed by atoms with Crippen LogP contribution in [0.2, 0.25) is 0 Å². The molecule has 6 heteroatoms. The third kappa shape index (κ3) is 2.23. The predicted molar refractivity (Wildman–Crippen MR) is 67.6 cm³/mol. The number of carbonyl (C=O) groups excluding carboxylic acids is 2. The Morgan fingerprint density at radius 2 is 1.42 bits per heavy atom. The van der Waals surface area contributed by atoms with Crippen molar-refractivity contribution in [3.63, 3.8) is 0 Å². The summed E-state index contributed by atoms with van der Waals surface area (Å²) in [6, 6.07) is 0. The van der Waals surface area contributed by atoms with Crippen molar-refractivity contribution >= 4 is 11.9 Å². The molecule has 1 aliphatic rings. The molecule has 1 saturated heterocycles. The average molecular weight is 273 g/mol. The molecule has 1 N–H and O–H groups in total. The second-order valence-electron chi connectivity index (χ2n) is 4.92. The molecule has 0 aliphatic carbocycles. The lowest BCUT2D eigenvalue weighted by Crippen LogP contribution is -2.68. The first kappa shape index (κ1) is 15.9. The molecule has 0 aromatic carbocycles. The van der Waals surface area contributed by atoms with Crippen molar-refractivity contribution < 1.29 is 24.3 Å². The predicted octanol–water partition coefficient (Wildman–Crippen LogP) is 1.51. The molecular formula is C13H23NO5. The second kappa shape index (κ2) is 5.88. The Kier molecular flexibility index (Phi) is 4.92. The van der Waals surface area contributed by atoms with Crippen LogP contribution in [0.3, 0.4) is 0 Å². The van der Waals surface area contributed by atoms with Crippen LogP contribution in [-0.2, 0) is 19.1 Å². The first-order valence-electron chi connectivity index (χ1n) is 6.61. The topological polar surface area (TPSA) is 76.1 Å². The number of methoxy groups -OCH3 is 2. The van der Waals surface area contributed by atoms with Gasteiger partial charge >= 0.3 is 11.9 Å². The van der Waals surface area contributed by atoms with Crippen molar-refractivity contribution in [2.24, 2.45) is 0 Å². The lowest BCUT2D eigenvalue weighted by Gasteiger charge is -2.50. The van der Waals surface area contributed by atoms with Crippen LogP contribution in [0.4, 0.5) is 0 Å². The zero-order valence-electron chi connectivity index (χ0n) is 12.1. The van der Waals surface area contributed by atoms with Gasteiger partial charge in [0.25, 0.3) is 0 Å². The van der Waals surface area contributed by atoms with Gasteiger partial charge in [-0.3, -0.25) is 0 Å². The molecule has 6 nitrogen and oxygen atoms in total. The molecule has 1 rings (SSSR count). The third-order valence-corrected chi connectivity index (χ3v) is 4.29. The zero-order chi connectivity index (χ0) is 14.7. The highest BCUT2D eigenvalue weighted by Crippen LogP contribution is 2.42. The summed E-state index contributed by atoms with van der Waals surface area (Å²) in [5, 5.41) is 11.5. The van der Waals surface area contributed by atoms with Gasteiger partial charge in [-0.1, -0.05) is 13.8 Å². The zero-order valence-corrected chi connectivity index (χ0v) is 12.1. The molecule has 0 unspecified atom stereocenters. The van der Waals surface area contributed by atoms with Gasteiger partial charge in [-0.2, -0.15) is 5.06 Å². The number of hydrogen-bond donors (Lipinski definition) is 1. The standard InChI is InChI=1S/C13H23NO5/c1-5-12(10(15)18-3)8-7-9-13(6-2,14(12)17)11(16)19-4/h17H,5-9H2,1-4H3/t12-,13+. The fourth-order valence-corrected chi connectivity index (χ4v) is 2.99. The SMILES string of the molecule is CC[C@@]1(C(=O)OC)CCC[C@](CC)(C(=O)OC)N1O. The van der Waals surface area contributed by atoms with E-state index in [4.69, 9.17) is 9.47 Å². The maximum absolute atomic E-state index is 12.1. The van der Waals surface area contributed by atoms with Crippen molar-refractivity contribution in [1.29, 1.82) is 0 Å². The van der Waals surface area contributed by atoms with E-state index in [1.54, 1.807) is 13.8 Å². The van der Waals surface area contributed by atoms with E-state index < -0.39 is 23.0 Å². The summed E-state index contributed by atoms with van der Waals surface area (Å²) in [5.74, 6) is -1.03. The monoisotopic (exact) mass is 273 g/mol. The van der Waals surface area contributed by atoms with Gasteiger partial charge in [0.1, 0.15) is 11.1 Å². The Labute approximate surface area is 113 Å². The largest absolute Gasteiger partial charge is 0.468 e. The molecule has 1 heterocycles. The van der Waals surface area contributed by atoms with E-state index in [0.717, 1.165) is 5.06 Å². The molecule has 0 aromatic rings. The van der Waals surface area contributed by atoms with Gasteiger partial charge < -0.3 is 14.7 Å². The van der Waals surface area contributed by atoms with Crippen LogP contribution in [0.15, 0.2) is 0 Å². The van der Waals surface area contributed by atoms with Gasteiger partial charge in [-0.15, -0.1) is 0 Å². The summed E-state index contributed by atoms with van der Waals surface area (Å²) in [5.41, 5.74) is -2.34. The highest BCUT2D eigenvalue weighted by atomic mass is 16.6. The quantitative estimate of drug-likeness (QED) is 0.782. The molecule has 0 bridgehead atoms. The van der Waals surface area contributed by atoms with Gasteiger partial charge in [0.15, 0.2) is 0 Å². The van der Waals surface area contributed by atoms with Crippen molar-refractivity contribution in [3.8, 4) is 0 Å². The molecule has 1 aliphatic heterocycles. The summed E-state index contributed by atoms with van der Waals surface area (Å²) in [4.78, 5) is 24.1. The number of hydroxylamine groups is 2. The Morgan fingerprint density at radius 3 is 1.68 bits per heavy atom. The fourth-order valence-electron chi connectivity index (χ4n) is 2.99. The number of piperidine rings is 1. The van der Waals surface area contributed by atoms with Crippen LogP contribution in [0, 0.1) is 0 Å². The minimum absolute atomic E-state index is 0.370. The molecule has 0 radical (unpaired) electrons. The maximum atomic E-state index is 12.1. The van der Waals surface area contributed by atoms with E-state index in [9.17, 15) is 14.8 Å². The summed E-state index contributed by atoms with van der Waals surface area (Å²) in [7, 11) is 2.57. The van der Waals surface area contributed by atoms with Crippen molar-refractivity contribution in [2.45, 2.75) is 57.0 Å². The summed E-state index contributed by atoms with van der Waals surface area (Å²) < 4.78 is 9.63. The van der Waals surface area contributed by atoms with E-state index in [2.05, 4.69) is 0 Å². The number of nitrogens with zero attached hydrogens (tertiary/aromatic N) is 1. The smallest absolute Gasteiger partial charge is 0.328 e. The van der Waals surface area contributed by atoms with Gasteiger partial charge in [0.2, 0.25) is 0 Å². The first-order chi connectivity index (χ1) is 8.95. The number of hydrogen-bond acceptors (Lipinski definition) is 6. The normalized spacial score (nSPS) is 31.8. The maximum Gasteiger partial charge on any atom is 0.328 e. The van der Waals surface area contributed by atoms with Crippen LogP contribution in [0.5, 0.6) is 0 Å². The summed E-state index contributed by atoms with van der Waals surface area (Å²) in [6.45, 7) is 3.59. The van der Waals surface area contributed by atoms with E-state index in [0.29, 0.717) is 32.1 Å². The van der Waals surface area contributed by atoms with E-state index in [1.807, 2.05) is 0 Å². The molecule has 0 aromatic heterocycles. The van der Waals surface area contributed by atoms with Crippen molar-refractivity contribution in [1.82, 2.24) is 5.06 Å². The number of esters is 2. The van der Waals surface area contributed by atoms with E-state index in [-0.39, 0.29) is 0 Å². The Morgan fingerprint density at radius 1 is 1.05 bits per heavy atom. The molecule has 0 saturated carbocycles. The van der Waals surface area contributed by atoms with Crippen LogP contribution < -0.4 is 0 Å². The van der Waals surface area contributed by atoms with Crippen LogP contribution >= 0.6 is 0 Å². The molecule has 110 valence electrons. The number of ether oxygens (including phenoxy) is 2. The fraction of sp³-hybridized carbons (Fsp3) is 0.846. The Hall–Kier alpha value is -1.14. The number of carbonyl (C=O) groups is 2. The summed E-state index contributed by atoms with van der Waals surface area (Å²) in [6.07, 6.45) is 2.32. The first-order valence-corrected chi connectivity index (χ1v) is 6.61. The highest BCUT2D eigenvalue weighted by molar-refractivity contribution is 5.85. The van der Waals surface area contributed by atoms with Crippen molar-refractivity contribution in [2.75, 3.05) is 14.2 Å².